The Bertz CT molecular complexity index is 1020. The fraction of sp³-hybridized carbons (Fsp3) is 0.364. The quantitative estimate of drug-likeness (QED) is 0.732. The van der Waals surface area contributed by atoms with Crippen molar-refractivity contribution in [1.82, 2.24) is 9.80 Å². The minimum atomic E-state index is -2.70. The SMILES string of the molecule is CN(C(=O)O)C1Cc2cc(-c3ccc(C(=O)N4CCC(F)(F)CC4)cc3)cc(Cl)c2O1. The number of benzene rings is 2. The van der Waals surface area contributed by atoms with Crippen molar-refractivity contribution in [3.05, 3.63) is 52.5 Å². The summed E-state index contributed by atoms with van der Waals surface area (Å²) in [6, 6.07) is 10.5. The highest BCUT2D eigenvalue weighted by Gasteiger charge is 2.36. The molecule has 2 aromatic rings. The van der Waals surface area contributed by atoms with Crippen LogP contribution in [0.15, 0.2) is 36.4 Å². The van der Waals surface area contributed by atoms with Crippen LogP contribution in [-0.4, -0.2) is 59.2 Å². The van der Waals surface area contributed by atoms with Crippen LogP contribution in [0.5, 0.6) is 5.75 Å². The molecule has 0 radical (unpaired) electrons. The molecule has 0 aromatic heterocycles. The van der Waals surface area contributed by atoms with E-state index in [9.17, 15) is 18.4 Å². The first-order valence-corrected chi connectivity index (χ1v) is 10.2. The highest BCUT2D eigenvalue weighted by molar-refractivity contribution is 6.32. The average molecular weight is 451 g/mol. The second-order valence-electron chi connectivity index (χ2n) is 7.84. The molecule has 1 N–H and O–H groups in total. The molecule has 1 fully saturated rings. The van der Waals surface area contributed by atoms with E-state index in [0.29, 0.717) is 22.8 Å². The van der Waals surface area contributed by atoms with Gasteiger partial charge in [-0.3, -0.25) is 9.69 Å². The molecule has 2 aromatic carbocycles. The smallest absolute Gasteiger partial charge is 0.409 e. The Morgan fingerprint density at radius 2 is 1.81 bits per heavy atom. The van der Waals surface area contributed by atoms with Crippen LogP contribution in [0.25, 0.3) is 11.1 Å². The zero-order valence-corrected chi connectivity index (χ0v) is 17.5. The van der Waals surface area contributed by atoms with E-state index in [2.05, 4.69) is 0 Å². The second kappa shape index (κ2) is 8.00. The minimum Gasteiger partial charge on any atom is -0.468 e. The minimum absolute atomic E-state index is 0.0416. The van der Waals surface area contributed by atoms with Gasteiger partial charge in [0, 0.05) is 50.5 Å². The van der Waals surface area contributed by atoms with E-state index in [1.165, 1.54) is 11.9 Å². The topological polar surface area (TPSA) is 70.1 Å². The predicted molar refractivity (Wildman–Crippen MR) is 111 cm³/mol. The molecule has 6 nitrogen and oxygen atoms in total. The monoisotopic (exact) mass is 450 g/mol. The lowest BCUT2D eigenvalue weighted by molar-refractivity contribution is -0.0494. The molecule has 0 bridgehead atoms. The highest BCUT2D eigenvalue weighted by Crippen LogP contribution is 2.40. The Labute approximate surface area is 183 Å². The molecule has 2 amide bonds. The Morgan fingerprint density at radius 1 is 1.16 bits per heavy atom. The molecule has 2 aliphatic heterocycles. The molecule has 0 aliphatic carbocycles. The lowest BCUT2D eigenvalue weighted by Gasteiger charge is -2.31. The summed E-state index contributed by atoms with van der Waals surface area (Å²) in [5, 5.41) is 9.54. The van der Waals surface area contributed by atoms with Crippen LogP contribution >= 0.6 is 11.6 Å². The number of likely N-dealkylation sites (N-methyl/N-ethyl adjacent to an activating group) is 1. The molecule has 1 atom stereocenters. The lowest BCUT2D eigenvalue weighted by atomic mass is 9.99. The number of halogens is 3. The van der Waals surface area contributed by atoms with Gasteiger partial charge in [0.25, 0.3) is 11.8 Å². The Kier molecular flexibility index (Phi) is 5.51. The second-order valence-corrected chi connectivity index (χ2v) is 8.25. The number of hydrogen-bond acceptors (Lipinski definition) is 3. The van der Waals surface area contributed by atoms with Crippen molar-refractivity contribution in [2.24, 2.45) is 0 Å². The zero-order valence-electron chi connectivity index (χ0n) is 16.8. The van der Waals surface area contributed by atoms with Crippen molar-refractivity contribution in [2.75, 3.05) is 20.1 Å². The number of hydrogen-bond donors (Lipinski definition) is 1. The maximum absolute atomic E-state index is 13.3. The number of carbonyl (C=O) groups excluding carboxylic acids is 1. The van der Waals surface area contributed by atoms with E-state index in [-0.39, 0.29) is 31.8 Å². The third-order valence-electron chi connectivity index (χ3n) is 5.75. The van der Waals surface area contributed by atoms with Crippen molar-refractivity contribution < 1.29 is 28.2 Å². The molecule has 31 heavy (non-hydrogen) atoms. The Morgan fingerprint density at radius 3 is 2.42 bits per heavy atom. The molecule has 0 saturated carbocycles. The van der Waals surface area contributed by atoms with Gasteiger partial charge in [0.2, 0.25) is 0 Å². The molecule has 164 valence electrons. The van der Waals surface area contributed by atoms with Crippen molar-refractivity contribution in [1.29, 1.82) is 0 Å². The van der Waals surface area contributed by atoms with E-state index in [1.54, 1.807) is 30.3 Å². The maximum Gasteiger partial charge on any atom is 0.409 e. The van der Waals surface area contributed by atoms with Gasteiger partial charge in [-0.2, -0.15) is 0 Å². The number of alkyl halides is 2. The molecular weight excluding hydrogens is 430 g/mol. The Hall–Kier alpha value is -2.87. The van der Waals surface area contributed by atoms with Crippen molar-refractivity contribution in [3.63, 3.8) is 0 Å². The maximum atomic E-state index is 13.3. The van der Waals surface area contributed by atoms with E-state index in [4.69, 9.17) is 21.4 Å². The molecule has 1 unspecified atom stereocenters. The van der Waals surface area contributed by atoms with Gasteiger partial charge in [-0.15, -0.1) is 0 Å². The first-order chi connectivity index (χ1) is 14.6. The summed E-state index contributed by atoms with van der Waals surface area (Å²) in [4.78, 5) is 26.3. The first-order valence-electron chi connectivity index (χ1n) is 9.87. The molecule has 2 heterocycles. The summed E-state index contributed by atoms with van der Waals surface area (Å²) in [5.41, 5.74) is 2.87. The normalized spacial score (nSPS) is 19.5. The third-order valence-corrected chi connectivity index (χ3v) is 6.03. The lowest BCUT2D eigenvalue weighted by Crippen LogP contribution is -2.42. The van der Waals surface area contributed by atoms with Crippen molar-refractivity contribution in [2.45, 2.75) is 31.4 Å². The van der Waals surface area contributed by atoms with Crippen LogP contribution in [0.3, 0.4) is 0 Å². The van der Waals surface area contributed by atoms with Crippen LogP contribution in [0, 0.1) is 0 Å². The van der Waals surface area contributed by atoms with Gasteiger partial charge in [-0.25, -0.2) is 13.6 Å². The van der Waals surface area contributed by atoms with E-state index in [1.807, 2.05) is 6.07 Å². The van der Waals surface area contributed by atoms with E-state index in [0.717, 1.165) is 21.6 Å². The number of piperidine rings is 1. The first kappa shape index (κ1) is 21.4. The van der Waals surface area contributed by atoms with Gasteiger partial charge < -0.3 is 14.7 Å². The third kappa shape index (κ3) is 4.30. The predicted octanol–water partition coefficient (Wildman–Crippen LogP) is 4.75. The standard InChI is InChI=1S/C22H21ClF2N2O4/c1-26(21(29)30)18-12-16-10-15(11-17(23)19(16)31-18)13-2-4-14(5-3-13)20(28)27-8-6-22(24,25)7-9-27/h2-5,10-11,18H,6-9,12H2,1H3,(H,29,30). The average Bonchev–Trinajstić information content (AvgIpc) is 3.17. The number of rotatable bonds is 3. The van der Waals surface area contributed by atoms with Crippen LogP contribution in [0.1, 0.15) is 28.8 Å². The molecule has 4 rings (SSSR count). The summed E-state index contributed by atoms with van der Waals surface area (Å²) in [5.74, 6) is -2.49. The number of carboxylic acid groups (broad SMARTS) is 1. The van der Waals surface area contributed by atoms with Gasteiger partial charge in [0.05, 0.1) is 5.02 Å². The molecule has 0 spiro atoms. The van der Waals surface area contributed by atoms with Gasteiger partial charge in [0.15, 0.2) is 6.23 Å². The van der Waals surface area contributed by atoms with Gasteiger partial charge in [-0.05, 0) is 35.4 Å². The summed E-state index contributed by atoms with van der Waals surface area (Å²) < 4.78 is 32.4. The number of amides is 2. The fourth-order valence-corrected chi connectivity index (χ4v) is 4.11. The molecule has 1 saturated heterocycles. The van der Waals surface area contributed by atoms with E-state index < -0.39 is 18.2 Å². The van der Waals surface area contributed by atoms with Crippen LogP contribution in [0.2, 0.25) is 5.02 Å². The number of carbonyl (C=O) groups is 2. The number of nitrogens with zero attached hydrogens (tertiary/aromatic N) is 2. The zero-order chi connectivity index (χ0) is 22.3. The summed E-state index contributed by atoms with van der Waals surface area (Å²) in [6.45, 7) is 0.0833. The van der Waals surface area contributed by atoms with Gasteiger partial charge >= 0.3 is 6.09 Å². The van der Waals surface area contributed by atoms with Crippen LogP contribution < -0.4 is 4.74 Å². The van der Waals surface area contributed by atoms with Gasteiger partial charge in [0.1, 0.15) is 5.75 Å². The summed E-state index contributed by atoms with van der Waals surface area (Å²) in [6.07, 6.45) is -1.99. The van der Waals surface area contributed by atoms with Crippen LogP contribution in [-0.2, 0) is 6.42 Å². The highest BCUT2D eigenvalue weighted by atomic mass is 35.5. The number of likely N-dealkylation sites (tertiary alicyclic amines) is 1. The molecule has 2 aliphatic rings. The number of fused-ring (bicyclic) bond motifs is 1. The van der Waals surface area contributed by atoms with Crippen molar-refractivity contribution >= 4 is 23.6 Å². The van der Waals surface area contributed by atoms with Crippen molar-refractivity contribution in [3.8, 4) is 16.9 Å². The van der Waals surface area contributed by atoms with Crippen LogP contribution in [0.4, 0.5) is 13.6 Å². The number of ether oxygens (including phenoxy) is 1. The fourth-order valence-electron chi connectivity index (χ4n) is 3.83. The summed E-state index contributed by atoms with van der Waals surface area (Å²) in [7, 11) is 1.44. The summed E-state index contributed by atoms with van der Waals surface area (Å²) >= 11 is 6.37. The largest absolute Gasteiger partial charge is 0.468 e. The molecule has 9 heteroatoms. The Balaban J connectivity index is 1.50. The molecular formula is C22H21ClF2N2O4. The van der Waals surface area contributed by atoms with Gasteiger partial charge in [-0.1, -0.05) is 23.7 Å². The van der Waals surface area contributed by atoms with E-state index >= 15 is 0 Å².